The molecule has 0 N–H and O–H groups in total. The van der Waals surface area contributed by atoms with E-state index in [2.05, 4.69) is 42.3 Å². The van der Waals surface area contributed by atoms with Crippen LogP contribution < -0.4 is 4.57 Å². The molecule has 0 atom stereocenters. The van der Waals surface area contributed by atoms with E-state index in [1.165, 1.54) is 70.8 Å². The van der Waals surface area contributed by atoms with Crippen LogP contribution in [-0.4, -0.2) is 4.57 Å². The van der Waals surface area contributed by atoms with Crippen LogP contribution in [0.2, 0.25) is 0 Å². The summed E-state index contributed by atoms with van der Waals surface area (Å²) < 4.78 is 4.93. The molecule has 116 valence electrons. The zero-order chi connectivity index (χ0) is 14.6. The fourth-order valence-corrected chi connectivity index (χ4v) is 2.87. The molecule has 2 nitrogen and oxygen atoms in total. The molecule has 0 saturated carbocycles. The summed E-state index contributed by atoms with van der Waals surface area (Å²) in [7, 11) is 0. The third kappa shape index (κ3) is 6.11. The van der Waals surface area contributed by atoms with E-state index in [4.69, 9.17) is 0 Å². The van der Waals surface area contributed by atoms with Crippen LogP contribution in [-0.2, 0) is 19.5 Å². The lowest BCUT2D eigenvalue weighted by Gasteiger charge is -2.04. The van der Waals surface area contributed by atoms with Gasteiger partial charge in [0, 0.05) is 6.42 Å². The average molecular weight is 279 g/mol. The summed E-state index contributed by atoms with van der Waals surface area (Å²) >= 11 is 0. The number of hydrogen-bond donors (Lipinski definition) is 0. The number of rotatable bonds is 12. The molecule has 0 spiro atoms. The summed E-state index contributed by atoms with van der Waals surface area (Å²) in [5.41, 5.74) is 0. The van der Waals surface area contributed by atoms with Crippen LogP contribution in [0.25, 0.3) is 0 Å². The molecule has 0 aliphatic heterocycles. The smallest absolute Gasteiger partial charge is 0.235 e. The van der Waals surface area contributed by atoms with Crippen LogP contribution in [0.1, 0.15) is 84.4 Å². The minimum Gasteiger partial charge on any atom is -0.235 e. The summed E-state index contributed by atoms with van der Waals surface area (Å²) in [6, 6.07) is 0. The van der Waals surface area contributed by atoms with Crippen LogP contribution in [0.4, 0.5) is 0 Å². The van der Waals surface area contributed by atoms with Crippen LogP contribution in [0.3, 0.4) is 0 Å². The number of nitrogens with zero attached hydrogens (tertiary/aromatic N) is 2. The van der Waals surface area contributed by atoms with Crippen molar-refractivity contribution in [3.63, 3.8) is 0 Å². The Labute approximate surface area is 126 Å². The maximum absolute atomic E-state index is 2.50. The van der Waals surface area contributed by atoms with E-state index in [-0.39, 0.29) is 0 Å². The lowest BCUT2D eigenvalue weighted by Crippen LogP contribution is -2.37. The van der Waals surface area contributed by atoms with Gasteiger partial charge in [-0.25, -0.2) is 9.13 Å². The molecule has 0 unspecified atom stereocenters. The fraction of sp³-hybridized carbons (Fsp3) is 0.833. The normalized spacial score (nSPS) is 11.2. The Morgan fingerprint density at radius 2 is 1.50 bits per heavy atom. The Morgan fingerprint density at radius 1 is 0.850 bits per heavy atom. The van der Waals surface area contributed by atoms with E-state index in [0.29, 0.717) is 0 Å². The van der Waals surface area contributed by atoms with Gasteiger partial charge in [-0.15, -0.1) is 0 Å². The Balaban J connectivity index is 2.42. The van der Waals surface area contributed by atoms with Crippen molar-refractivity contribution in [3.05, 3.63) is 18.2 Å². The highest BCUT2D eigenvalue weighted by Crippen LogP contribution is 2.08. The first-order valence-corrected chi connectivity index (χ1v) is 8.90. The van der Waals surface area contributed by atoms with E-state index >= 15 is 0 Å². The molecule has 0 aliphatic rings. The molecule has 0 bridgehead atoms. The standard InChI is InChI=1S/C18H35N2/c1-4-7-9-11-12-14-18-19(6-3)16-17-20(18)15-13-10-8-5-2/h16-17H,4-15H2,1-3H3/q+1. The minimum absolute atomic E-state index is 1.10. The van der Waals surface area contributed by atoms with Gasteiger partial charge in [0.25, 0.3) is 5.82 Å². The van der Waals surface area contributed by atoms with Gasteiger partial charge < -0.3 is 0 Å². The van der Waals surface area contributed by atoms with Gasteiger partial charge in [0.05, 0.1) is 13.1 Å². The first-order valence-electron chi connectivity index (χ1n) is 8.90. The van der Waals surface area contributed by atoms with Crippen molar-refractivity contribution in [2.75, 3.05) is 0 Å². The molecule has 0 fully saturated rings. The van der Waals surface area contributed by atoms with Gasteiger partial charge in [-0.2, -0.15) is 0 Å². The number of unbranched alkanes of at least 4 members (excludes halogenated alkanes) is 7. The van der Waals surface area contributed by atoms with Gasteiger partial charge >= 0.3 is 0 Å². The maximum atomic E-state index is 2.50. The molecule has 1 aromatic heterocycles. The highest BCUT2D eigenvalue weighted by molar-refractivity contribution is 4.83. The Bertz CT molecular complexity index is 341. The predicted octanol–water partition coefficient (Wildman–Crippen LogP) is 4.89. The second-order valence-corrected chi connectivity index (χ2v) is 5.92. The van der Waals surface area contributed by atoms with E-state index in [1.54, 1.807) is 5.82 Å². The van der Waals surface area contributed by atoms with Gasteiger partial charge in [0.1, 0.15) is 12.4 Å². The third-order valence-corrected chi connectivity index (χ3v) is 4.19. The van der Waals surface area contributed by atoms with E-state index in [1.807, 2.05) is 0 Å². The van der Waals surface area contributed by atoms with Crippen LogP contribution in [0.15, 0.2) is 12.4 Å². The minimum atomic E-state index is 1.10. The summed E-state index contributed by atoms with van der Waals surface area (Å²) in [6.07, 6.45) is 18.1. The maximum Gasteiger partial charge on any atom is 0.256 e. The molecule has 0 aromatic carbocycles. The van der Waals surface area contributed by atoms with Crippen LogP contribution in [0.5, 0.6) is 0 Å². The van der Waals surface area contributed by atoms with Gasteiger partial charge in [0.2, 0.25) is 0 Å². The molecule has 0 saturated heterocycles. The predicted molar refractivity (Wildman–Crippen MR) is 86.9 cm³/mol. The first kappa shape index (κ1) is 17.3. The Kier molecular flexibility index (Phi) is 9.44. The molecule has 1 aromatic rings. The second kappa shape index (κ2) is 10.9. The van der Waals surface area contributed by atoms with Crippen molar-refractivity contribution in [2.45, 2.75) is 98.1 Å². The Hall–Kier alpha value is -0.790. The van der Waals surface area contributed by atoms with Crippen molar-refractivity contribution in [1.29, 1.82) is 0 Å². The zero-order valence-electron chi connectivity index (χ0n) is 14.0. The van der Waals surface area contributed by atoms with Gasteiger partial charge in [-0.05, 0) is 26.2 Å². The summed E-state index contributed by atoms with van der Waals surface area (Å²) in [5, 5.41) is 0. The van der Waals surface area contributed by atoms with E-state index in [0.717, 1.165) is 6.54 Å². The number of imidazole rings is 1. The highest BCUT2D eigenvalue weighted by Gasteiger charge is 2.14. The number of hydrogen-bond acceptors (Lipinski definition) is 0. The van der Waals surface area contributed by atoms with Gasteiger partial charge in [-0.3, -0.25) is 0 Å². The molecule has 0 radical (unpaired) electrons. The molecule has 2 heteroatoms. The average Bonchev–Trinajstić information content (AvgIpc) is 2.85. The van der Waals surface area contributed by atoms with Crippen molar-refractivity contribution in [3.8, 4) is 0 Å². The highest BCUT2D eigenvalue weighted by atomic mass is 15.1. The molecule has 1 heterocycles. The fourth-order valence-electron chi connectivity index (χ4n) is 2.87. The largest absolute Gasteiger partial charge is 0.256 e. The topological polar surface area (TPSA) is 8.81 Å². The molecule has 20 heavy (non-hydrogen) atoms. The SMILES string of the molecule is CCCCCCCc1n(CC)cc[n+]1CCCCCC. The monoisotopic (exact) mass is 279 g/mol. The second-order valence-electron chi connectivity index (χ2n) is 5.92. The van der Waals surface area contributed by atoms with E-state index < -0.39 is 0 Å². The van der Waals surface area contributed by atoms with E-state index in [9.17, 15) is 0 Å². The lowest BCUT2D eigenvalue weighted by molar-refractivity contribution is -0.704. The number of aromatic nitrogens is 2. The summed E-state index contributed by atoms with van der Waals surface area (Å²) in [4.78, 5) is 0. The molecule has 0 aliphatic carbocycles. The van der Waals surface area contributed by atoms with Crippen LogP contribution >= 0.6 is 0 Å². The van der Waals surface area contributed by atoms with Gasteiger partial charge in [0.15, 0.2) is 0 Å². The third-order valence-electron chi connectivity index (χ3n) is 4.19. The molecular weight excluding hydrogens is 244 g/mol. The quantitative estimate of drug-likeness (QED) is 0.380. The van der Waals surface area contributed by atoms with Crippen molar-refractivity contribution in [2.24, 2.45) is 0 Å². The summed E-state index contributed by atoms with van der Waals surface area (Å²) in [6.45, 7) is 9.13. The van der Waals surface area contributed by atoms with Crippen molar-refractivity contribution in [1.82, 2.24) is 4.57 Å². The first-order chi connectivity index (χ1) is 9.83. The molecule has 1 rings (SSSR count). The van der Waals surface area contributed by atoms with Crippen LogP contribution in [0, 0.1) is 0 Å². The Morgan fingerprint density at radius 3 is 2.15 bits per heavy atom. The van der Waals surface area contributed by atoms with Crippen molar-refractivity contribution >= 4 is 0 Å². The molecular formula is C18H35N2+. The zero-order valence-corrected chi connectivity index (χ0v) is 14.0. The summed E-state index contributed by atoms with van der Waals surface area (Å²) in [5.74, 6) is 1.54. The van der Waals surface area contributed by atoms with Gasteiger partial charge in [-0.1, -0.05) is 52.4 Å². The molecule has 0 amide bonds. The number of aryl methyl sites for hydroxylation is 2. The van der Waals surface area contributed by atoms with Crippen molar-refractivity contribution < 1.29 is 4.57 Å². The lowest BCUT2D eigenvalue weighted by atomic mass is 10.1.